The van der Waals surface area contributed by atoms with Gasteiger partial charge in [-0.3, -0.25) is 24.0 Å². The number of amides is 4. The Hall–Kier alpha value is -3.26. The van der Waals surface area contributed by atoms with Gasteiger partial charge in [-0.1, -0.05) is 0 Å². The minimum atomic E-state index is -1.24. The van der Waals surface area contributed by atoms with Gasteiger partial charge in [-0.05, 0) is 41.0 Å². The number of esters is 2. The molecule has 0 rings (SSSR count). The molecule has 0 aliphatic rings. The van der Waals surface area contributed by atoms with Gasteiger partial charge < -0.3 is 41.6 Å². The molecule has 0 aromatic carbocycles. The molecule has 1 unspecified atom stereocenters. The van der Waals surface area contributed by atoms with Crippen molar-refractivity contribution < 1.29 is 43.3 Å². The highest BCUT2D eigenvalue weighted by Crippen LogP contribution is 2.10. The van der Waals surface area contributed by atoms with E-state index >= 15 is 0 Å². The monoisotopic (exact) mass is 531 g/mol. The number of rotatable bonds is 18. The fourth-order valence-corrected chi connectivity index (χ4v) is 2.90. The van der Waals surface area contributed by atoms with E-state index in [4.69, 9.17) is 15.2 Å². The van der Waals surface area contributed by atoms with Gasteiger partial charge in [-0.25, -0.2) is 4.79 Å². The maximum atomic E-state index is 12.1. The first kappa shape index (κ1) is 33.7. The molecule has 0 spiro atoms. The number of aliphatic hydroxyl groups is 1. The molecule has 0 saturated carbocycles. The summed E-state index contributed by atoms with van der Waals surface area (Å²) < 4.78 is 10.4. The van der Waals surface area contributed by atoms with Gasteiger partial charge in [0.05, 0.1) is 12.5 Å². The zero-order chi connectivity index (χ0) is 28.6. The Morgan fingerprint density at radius 3 is 2.19 bits per heavy atom. The van der Waals surface area contributed by atoms with Crippen LogP contribution in [-0.4, -0.2) is 90.7 Å². The van der Waals surface area contributed by atoms with E-state index in [1.807, 2.05) is 0 Å². The SMILES string of the molecule is CC(CNCCNC(=O)CC[C@H](NC=O)C(=O)OC(C)(C)C)OC(=O)CCC(=O)N[C@H](C(N)=O)[C@@H](C)O. The summed E-state index contributed by atoms with van der Waals surface area (Å²) in [5, 5.41) is 19.7. The number of carbonyl (C=O) groups excluding carboxylic acids is 6. The van der Waals surface area contributed by atoms with Crippen LogP contribution in [0.2, 0.25) is 0 Å². The van der Waals surface area contributed by atoms with E-state index in [0.29, 0.717) is 19.5 Å². The van der Waals surface area contributed by atoms with Crippen molar-refractivity contribution in [3.05, 3.63) is 0 Å². The standard InChI is InChI=1S/C23H41N5O9/c1-14(36-19(33)9-8-18(32)28-20(15(2)30)21(24)34)12-25-10-11-26-17(31)7-6-16(27-13-29)22(35)37-23(3,4)5/h13-16,20,25,30H,6-12H2,1-5H3,(H2,24,34)(H,26,31)(H,27,29)(H,28,32)/t14?,15-,16+,20+/m1/s1. The number of carbonyl (C=O) groups is 6. The van der Waals surface area contributed by atoms with Crippen LogP contribution in [0, 0.1) is 0 Å². The van der Waals surface area contributed by atoms with Gasteiger partial charge in [-0.2, -0.15) is 0 Å². The Morgan fingerprint density at radius 1 is 1.00 bits per heavy atom. The molecule has 0 heterocycles. The van der Waals surface area contributed by atoms with Gasteiger partial charge in [0, 0.05) is 32.5 Å². The van der Waals surface area contributed by atoms with Crippen molar-refractivity contribution in [2.75, 3.05) is 19.6 Å². The summed E-state index contributed by atoms with van der Waals surface area (Å²) in [5.41, 5.74) is 4.37. The van der Waals surface area contributed by atoms with Crippen molar-refractivity contribution in [3.63, 3.8) is 0 Å². The fourth-order valence-electron chi connectivity index (χ4n) is 2.90. The van der Waals surface area contributed by atoms with Crippen LogP contribution in [0.1, 0.15) is 60.3 Å². The largest absolute Gasteiger partial charge is 0.461 e. The summed E-state index contributed by atoms with van der Waals surface area (Å²) in [5.74, 6) is -3.05. The summed E-state index contributed by atoms with van der Waals surface area (Å²) in [4.78, 5) is 69.8. The van der Waals surface area contributed by atoms with Gasteiger partial charge in [-0.15, -0.1) is 0 Å². The quantitative estimate of drug-likeness (QED) is 0.0649. The van der Waals surface area contributed by atoms with Crippen molar-refractivity contribution in [2.45, 2.75) is 90.2 Å². The third-order valence-corrected chi connectivity index (χ3v) is 4.67. The zero-order valence-electron chi connectivity index (χ0n) is 22.1. The van der Waals surface area contributed by atoms with E-state index in [9.17, 15) is 33.9 Å². The Labute approximate surface area is 216 Å². The van der Waals surface area contributed by atoms with Crippen LogP contribution in [0.3, 0.4) is 0 Å². The molecule has 14 heteroatoms. The summed E-state index contributed by atoms with van der Waals surface area (Å²) in [6.07, 6.45) is -1.66. The van der Waals surface area contributed by atoms with Crippen molar-refractivity contribution in [3.8, 4) is 0 Å². The average molecular weight is 532 g/mol. The van der Waals surface area contributed by atoms with E-state index < -0.39 is 53.6 Å². The second-order valence-electron chi connectivity index (χ2n) is 9.45. The second-order valence-corrected chi connectivity index (χ2v) is 9.45. The first-order valence-corrected chi connectivity index (χ1v) is 12.0. The first-order chi connectivity index (χ1) is 17.2. The van der Waals surface area contributed by atoms with Crippen LogP contribution in [0.5, 0.6) is 0 Å². The number of ether oxygens (including phenoxy) is 2. The van der Waals surface area contributed by atoms with Gasteiger partial charge >= 0.3 is 11.9 Å². The van der Waals surface area contributed by atoms with Crippen LogP contribution in [0.25, 0.3) is 0 Å². The smallest absolute Gasteiger partial charge is 0.329 e. The first-order valence-electron chi connectivity index (χ1n) is 12.0. The Morgan fingerprint density at radius 2 is 1.65 bits per heavy atom. The van der Waals surface area contributed by atoms with E-state index in [0.717, 1.165) is 0 Å². The number of hydrogen-bond acceptors (Lipinski definition) is 10. The summed E-state index contributed by atoms with van der Waals surface area (Å²) >= 11 is 0. The van der Waals surface area contributed by atoms with E-state index in [2.05, 4.69) is 21.3 Å². The summed E-state index contributed by atoms with van der Waals surface area (Å²) in [6, 6.07) is -2.17. The Kier molecular flexibility index (Phi) is 15.7. The van der Waals surface area contributed by atoms with Crippen LogP contribution in [0.4, 0.5) is 0 Å². The van der Waals surface area contributed by atoms with Crippen molar-refractivity contribution >= 4 is 36.1 Å². The molecule has 7 N–H and O–H groups in total. The molecule has 4 amide bonds. The summed E-state index contributed by atoms with van der Waals surface area (Å²) in [7, 11) is 0. The zero-order valence-corrected chi connectivity index (χ0v) is 22.1. The van der Waals surface area contributed by atoms with E-state index in [1.54, 1.807) is 27.7 Å². The molecule has 212 valence electrons. The number of nitrogens with one attached hydrogen (secondary N) is 4. The van der Waals surface area contributed by atoms with Crippen LogP contribution in [0.15, 0.2) is 0 Å². The predicted molar refractivity (Wildman–Crippen MR) is 132 cm³/mol. The topological polar surface area (TPSA) is 215 Å². The lowest BCUT2D eigenvalue weighted by Crippen LogP contribution is -2.50. The normalized spacial score (nSPS) is 14.3. The van der Waals surface area contributed by atoms with Crippen LogP contribution < -0.4 is 27.0 Å². The maximum Gasteiger partial charge on any atom is 0.329 e. The third kappa shape index (κ3) is 16.9. The molecular weight excluding hydrogens is 490 g/mol. The number of primary amides is 1. The van der Waals surface area contributed by atoms with Gasteiger partial charge in [0.1, 0.15) is 23.8 Å². The molecule has 0 bridgehead atoms. The van der Waals surface area contributed by atoms with Crippen LogP contribution >= 0.6 is 0 Å². The number of hydrogen-bond donors (Lipinski definition) is 6. The van der Waals surface area contributed by atoms with E-state index in [-0.39, 0.29) is 38.1 Å². The molecule has 37 heavy (non-hydrogen) atoms. The van der Waals surface area contributed by atoms with Crippen molar-refractivity contribution in [1.82, 2.24) is 21.3 Å². The Bertz CT molecular complexity index is 783. The lowest BCUT2D eigenvalue weighted by molar-refractivity contribution is -0.158. The Balaban J connectivity index is 4.13. The molecule has 4 atom stereocenters. The molecule has 0 saturated heterocycles. The average Bonchev–Trinajstić information content (AvgIpc) is 2.76. The molecule has 0 aromatic rings. The fraction of sp³-hybridized carbons (Fsp3) is 0.739. The molecular formula is C23H41N5O9. The number of nitrogens with two attached hydrogens (primary N) is 1. The molecule has 14 nitrogen and oxygen atoms in total. The van der Waals surface area contributed by atoms with Crippen molar-refractivity contribution in [2.24, 2.45) is 5.73 Å². The predicted octanol–water partition coefficient (Wildman–Crippen LogP) is -2.01. The van der Waals surface area contributed by atoms with Crippen LogP contribution in [-0.2, 0) is 38.2 Å². The van der Waals surface area contributed by atoms with Gasteiger partial charge in [0.2, 0.25) is 24.1 Å². The lowest BCUT2D eigenvalue weighted by atomic mass is 10.1. The number of aliphatic hydroxyl groups excluding tert-OH is 1. The highest BCUT2D eigenvalue weighted by Gasteiger charge is 2.25. The van der Waals surface area contributed by atoms with Gasteiger partial charge in [0.25, 0.3) is 0 Å². The molecule has 0 fully saturated rings. The lowest BCUT2D eigenvalue weighted by Gasteiger charge is -2.23. The minimum absolute atomic E-state index is 0.00372. The molecule has 0 aliphatic heterocycles. The molecule has 0 aliphatic carbocycles. The second kappa shape index (κ2) is 17.2. The highest BCUT2D eigenvalue weighted by molar-refractivity contribution is 5.88. The molecule has 0 aromatic heterocycles. The highest BCUT2D eigenvalue weighted by atomic mass is 16.6. The summed E-state index contributed by atoms with van der Waals surface area (Å²) in [6.45, 7) is 9.01. The third-order valence-electron chi connectivity index (χ3n) is 4.67. The van der Waals surface area contributed by atoms with Crippen molar-refractivity contribution in [1.29, 1.82) is 0 Å². The minimum Gasteiger partial charge on any atom is -0.461 e. The maximum absolute atomic E-state index is 12.1. The van der Waals surface area contributed by atoms with Gasteiger partial charge in [0.15, 0.2) is 0 Å². The van der Waals surface area contributed by atoms with E-state index in [1.165, 1.54) is 6.92 Å². The molecule has 0 radical (unpaired) electrons.